The van der Waals surface area contributed by atoms with Gasteiger partial charge >= 0.3 is 0 Å². The van der Waals surface area contributed by atoms with Crippen LogP contribution in [0.3, 0.4) is 0 Å². The third-order valence-electron chi connectivity index (χ3n) is 3.34. The number of halogens is 1. The Hall–Kier alpha value is -0.910. The molecule has 0 amide bonds. The van der Waals surface area contributed by atoms with Gasteiger partial charge in [-0.1, -0.05) is 0 Å². The fourth-order valence-corrected chi connectivity index (χ4v) is 4.10. The zero-order valence-electron chi connectivity index (χ0n) is 10.6. The molecule has 1 aromatic carbocycles. The van der Waals surface area contributed by atoms with E-state index in [9.17, 15) is 4.39 Å². The minimum atomic E-state index is -0.154. The molecule has 1 N–H and O–H groups in total. The summed E-state index contributed by atoms with van der Waals surface area (Å²) in [5.74, 6) is 0.921. The first kappa shape index (κ1) is 13.1. The van der Waals surface area contributed by atoms with Crippen LogP contribution in [-0.4, -0.2) is 10.7 Å². The topological polar surface area (TPSA) is 24.9 Å². The van der Waals surface area contributed by atoms with Crippen LogP contribution in [0.5, 0.6) is 0 Å². The van der Waals surface area contributed by atoms with Crippen LogP contribution in [0.1, 0.15) is 35.9 Å². The summed E-state index contributed by atoms with van der Waals surface area (Å²) in [6.07, 6.45) is 2.93. The van der Waals surface area contributed by atoms with E-state index in [1.807, 2.05) is 29.5 Å². The van der Waals surface area contributed by atoms with Gasteiger partial charge in [-0.15, -0.1) is 23.1 Å². The molecule has 2 aromatic rings. The van der Waals surface area contributed by atoms with E-state index < -0.39 is 0 Å². The van der Waals surface area contributed by atoms with Crippen LogP contribution >= 0.6 is 23.1 Å². The van der Waals surface area contributed by atoms with Crippen LogP contribution in [-0.2, 0) is 0 Å². The summed E-state index contributed by atoms with van der Waals surface area (Å²) < 4.78 is 13.4. The Morgan fingerprint density at radius 3 is 3.16 bits per heavy atom. The molecule has 0 saturated heterocycles. The van der Waals surface area contributed by atoms with Gasteiger partial charge in [-0.2, -0.15) is 0 Å². The first-order valence-electron chi connectivity index (χ1n) is 6.31. The lowest BCUT2D eigenvalue weighted by Gasteiger charge is -2.28. The summed E-state index contributed by atoms with van der Waals surface area (Å²) in [5, 5.41) is 3.60. The van der Waals surface area contributed by atoms with Crippen molar-refractivity contribution in [2.75, 3.05) is 5.75 Å². The van der Waals surface area contributed by atoms with Crippen molar-refractivity contribution in [1.82, 2.24) is 10.3 Å². The molecule has 0 spiro atoms. The second-order valence-corrected chi connectivity index (χ2v) is 6.72. The SMILES string of the molecule is CC(NC1CCSc2ccc(F)cc21)c1cncs1. The van der Waals surface area contributed by atoms with Gasteiger partial charge in [0.2, 0.25) is 0 Å². The van der Waals surface area contributed by atoms with Crippen molar-refractivity contribution < 1.29 is 4.39 Å². The predicted octanol–water partition coefficient (Wildman–Crippen LogP) is 4.17. The van der Waals surface area contributed by atoms with E-state index in [4.69, 9.17) is 0 Å². The Balaban J connectivity index is 1.81. The number of hydrogen-bond acceptors (Lipinski definition) is 4. The summed E-state index contributed by atoms with van der Waals surface area (Å²) in [4.78, 5) is 6.52. The van der Waals surface area contributed by atoms with Crippen molar-refractivity contribution in [2.45, 2.75) is 30.3 Å². The maximum absolute atomic E-state index is 13.4. The standard InChI is InChI=1S/C14H15FN2S2/c1-9(14-7-16-8-19-14)17-12-4-5-18-13-3-2-10(15)6-11(12)13/h2-3,6-9,12,17H,4-5H2,1H3. The van der Waals surface area contributed by atoms with Crippen LogP contribution in [0, 0.1) is 5.82 Å². The van der Waals surface area contributed by atoms with Crippen molar-refractivity contribution in [3.63, 3.8) is 0 Å². The molecule has 0 bridgehead atoms. The molecule has 1 aliphatic heterocycles. The van der Waals surface area contributed by atoms with Gasteiger partial charge in [-0.3, -0.25) is 4.98 Å². The minimum absolute atomic E-state index is 0.154. The highest BCUT2D eigenvalue weighted by atomic mass is 32.2. The molecule has 0 fully saturated rings. The van der Waals surface area contributed by atoms with Crippen molar-refractivity contribution in [1.29, 1.82) is 0 Å². The number of aromatic nitrogens is 1. The molecule has 5 heteroatoms. The number of rotatable bonds is 3. The largest absolute Gasteiger partial charge is 0.302 e. The quantitative estimate of drug-likeness (QED) is 0.919. The highest BCUT2D eigenvalue weighted by molar-refractivity contribution is 7.99. The predicted molar refractivity (Wildman–Crippen MR) is 78.1 cm³/mol. The van der Waals surface area contributed by atoms with Gasteiger partial charge in [0.1, 0.15) is 5.82 Å². The van der Waals surface area contributed by atoms with Crippen molar-refractivity contribution in [2.24, 2.45) is 0 Å². The van der Waals surface area contributed by atoms with Crippen LogP contribution < -0.4 is 5.32 Å². The summed E-state index contributed by atoms with van der Waals surface area (Å²) in [6, 6.07) is 5.57. The minimum Gasteiger partial charge on any atom is -0.302 e. The van der Waals surface area contributed by atoms with Crippen LogP contribution in [0.2, 0.25) is 0 Å². The average Bonchev–Trinajstić information content (AvgIpc) is 2.93. The lowest BCUT2D eigenvalue weighted by molar-refractivity contribution is 0.451. The van der Waals surface area contributed by atoms with Gasteiger partial charge < -0.3 is 5.32 Å². The Bertz CT molecular complexity index is 557. The molecule has 2 nitrogen and oxygen atoms in total. The van der Waals surface area contributed by atoms with E-state index in [0.717, 1.165) is 17.7 Å². The van der Waals surface area contributed by atoms with Crippen molar-refractivity contribution in [3.8, 4) is 0 Å². The highest BCUT2D eigenvalue weighted by Gasteiger charge is 2.23. The second-order valence-electron chi connectivity index (χ2n) is 4.66. The van der Waals surface area contributed by atoms with E-state index in [1.54, 1.807) is 23.5 Å². The van der Waals surface area contributed by atoms with E-state index in [-0.39, 0.29) is 17.9 Å². The molecule has 0 saturated carbocycles. The van der Waals surface area contributed by atoms with Gasteiger partial charge in [-0.05, 0) is 42.9 Å². The summed E-state index contributed by atoms with van der Waals surface area (Å²) in [7, 11) is 0. The normalized spacial score (nSPS) is 20.0. The van der Waals surface area contributed by atoms with Gasteiger partial charge in [0, 0.05) is 28.1 Å². The Morgan fingerprint density at radius 2 is 2.37 bits per heavy atom. The Morgan fingerprint density at radius 1 is 1.47 bits per heavy atom. The van der Waals surface area contributed by atoms with Gasteiger partial charge in [0.05, 0.1) is 5.51 Å². The van der Waals surface area contributed by atoms with E-state index >= 15 is 0 Å². The Labute approximate surface area is 120 Å². The van der Waals surface area contributed by atoms with Crippen molar-refractivity contribution >= 4 is 23.1 Å². The maximum atomic E-state index is 13.4. The summed E-state index contributed by atoms with van der Waals surface area (Å²) in [5.41, 5.74) is 2.94. The van der Waals surface area contributed by atoms with E-state index in [1.165, 1.54) is 9.77 Å². The van der Waals surface area contributed by atoms with E-state index in [2.05, 4.69) is 17.2 Å². The smallest absolute Gasteiger partial charge is 0.123 e. The van der Waals surface area contributed by atoms with Crippen molar-refractivity contribution in [3.05, 3.63) is 46.2 Å². The van der Waals surface area contributed by atoms with Crippen LogP contribution in [0.25, 0.3) is 0 Å². The number of hydrogen-bond donors (Lipinski definition) is 1. The lowest BCUT2D eigenvalue weighted by atomic mass is 10.0. The molecule has 3 rings (SSSR count). The number of fused-ring (bicyclic) bond motifs is 1. The van der Waals surface area contributed by atoms with Gasteiger partial charge in [0.15, 0.2) is 0 Å². The highest BCUT2D eigenvalue weighted by Crippen LogP contribution is 2.37. The molecule has 0 aliphatic carbocycles. The third kappa shape index (κ3) is 2.83. The number of thioether (sulfide) groups is 1. The fourth-order valence-electron chi connectivity index (χ4n) is 2.36. The molecule has 0 radical (unpaired) electrons. The van der Waals surface area contributed by atoms with Crippen LogP contribution in [0.4, 0.5) is 4.39 Å². The zero-order valence-corrected chi connectivity index (χ0v) is 12.2. The summed E-state index contributed by atoms with van der Waals surface area (Å²) >= 11 is 3.46. The molecular weight excluding hydrogens is 279 g/mol. The first-order chi connectivity index (χ1) is 9.24. The molecule has 1 aliphatic rings. The maximum Gasteiger partial charge on any atom is 0.123 e. The second kappa shape index (κ2) is 5.61. The first-order valence-corrected chi connectivity index (χ1v) is 8.17. The van der Waals surface area contributed by atoms with E-state index in [0.29, 0.717) is 0 Å². The molecule has 2 atom stereocenters. The Kier molecular flexibility index (Phi) is 3.86. The molecule has 1 aromatic heterocycles. The monoisotopic (exact) mass is 294 g/mol. The molecule has 2 unspecified atom stereocenters. The number of nitrogens with zero attached hydrogens (tertiary/aromatic N) is 1. The van der Waals surface area contributed by atoms with Crippen LogP contribution in [0.15, 0.2) is 34.8 Å². The number of nitrogens with one attached hydrogen (secondary N) is 1. The molecular formula is C14H15FN2S2. The average molecular weight is 294 g/mol. The molecule has 19 heavy (non-hydrogen) atoms. The zero-order chi connectivity index (χ0) is 13.2. The lowest BCUT2D eigenvalue weighted by Crippen LogP contribution is -2.27. The number of benzene rings is 1. The number of thiazole rings is 1. The van der Waals surface area contributed by atoms with Gasteiger partial charge in [-0.25, -0.2) is 4.39 Å². The fraction of sp³-hybridized carbons (Fsp3) is 0.357. The summed E-state index contributed by atoms with van der Waals surface area (Å²) in [6.45, 7) is 2.13. The molecule has 2 heterocycles. The third-order valence-corrected chi connectivity index (χ3v) is 5.42. The molecule has 100 valence electrons. The van der Waals surface area contributed by atoms with Gasteiger partial charge in [0.25, 0.3) is 0 Å².